The van der Waals surface area contributed by atoms with E-state index < -0.39 is 0 Å². The SMILES string of the molecule is CCCC(C)N(C)CC(C(N)=NO)c1ccccc1. The van der Waals surface area contributed by atoms with Crippen molar-refractivity contribution in [3.8, 4) is 0 Å². The lowest BCUT2D eigenvalue weighted by molar-refractivity contribution is 0.240. The average Bonchev–Trinajstić information content (AvgIpc) is 2.44. The Hall–Kier alpha value is -1.55. The molecule has 1 aromatic carbocycles. The number of hydrogen-bond donors (Lipinski definition) is 2. The molecule has 0 spiro atoms. The van der Waals surface area contributed by atoms with Crippen molar-refractivity contribution in [3.63, 3.8) is 0 Å². The normalized spacial score (nSPS) is 15.5. The van der Waals surface area contributed by atoms with Crippen molar-refractivity contribution in [2.75, 3.05) is 13.6 Å². The first kappa shape index (κ1) is 15.5. The molecule has 4 nitrogen and oxygen atoms in total. The average molecular weight is 263 g/mol. The van der Waals surface area contributed by atoms with E-state index in [-0.39, 0.29) is 11.8 Å². The zero-order valence-corrected chi connectivity index (χ0v) is 12.1. The third-order valence-corrected chi connectivity index (χ3v) is 3.60. The highest BCUT2D eigenvalue weighted by molar-refractivity contribution is 5.87. The van der Waals surface area contributed by atoms with Crippen LogP contribution in [0.1, 0.15) is 38.2 Å². The van der Waals surface area contributed by atoms with Crippen molar-refractivity contribution in [3.05, 3.63) is 35.9 Å². The predicted octanol–water partition coefficient (Wildman–Crippen LogP) is 2.64. The van der Waals surface area contributed by atoms with E-state index in [4.69, 9.17) is 10.9 Å². The lowest BCUT2D eigenvalue weighted by atomic mass is 9.96. The summed E-state index contributed by atoms with van der Waals surface area (Å²) in [6.07, 6.45) is 2.30. The van der Waals surface area contributed by atoms with Crippen LogP contribution in [0.5, 0.6) is 0 Å². The number of nitrogens with zero attached hydrogens (tertiary/aromatic N) is 2. The van der Waals surface area contributed by atoms with E-state index in [1.807, 2.05) is 30.3 Å². The summed E-state index contributed by atoms with van der Waals surface area (Å²) in [5.41, 5.74) is 6.92. The minimum absolute atomic E-state index is 0.0736. The second-order valence-electron chi connectivity index (χ2n) is 5.07. The summed E-state index contributed by atoms with van der Waals surface area (Å²) in [4.78, 5) is 2.26. The van der Waals surface area contributed by atoms with Gasteiger partial charge in [-0.05, 0) is 26.0 Å². The Morgan fingerprint density at radius 1 is 1.37 bits per heavy atom. The third kappa shape index (κ3) is 4.56. The zero-order valence-electron chi connectivity index (χ0n) is 12.1. The molecule has 0 amide bonds. The van der Waals surface area contributed by atoms with Gasteiger partial charge in [0.15, 0.2) is 0 Å². The van der Waals surface area contributed by atoms with E-state index in [0.717, 1.165) is 24.9 Å². The molecule has 19 heavy (non-hydrogen) atoms. The fraction of sp³-hybridized carbons (Fsp3) is 0.533. The van der Waals surface area contributed by atoms with Crippen LogP contribution in [-0.4, -0.2) is 35.6 Å². The number of benzene rings is 1. The van der Waals surface area contributed by atoms with E-state index in [9.17, 15) is 0 Å². The van der Waals surface area contributed by atoms with Crippen LogP contribution in [0.2, 0.25) is 0 Å². The number of rotatable bonds is 7. The third-order valence-electron chi connectivity index (χ3n) is 3.60. The summed E-state index contributed by atoms with van der Waals surface area (Å²) < 4.78 is 0. The first-order valence-corrected chi connectivity index (χ1v) is 6.82. The van der Waals surface area contributed by atoms with Crippen LogP contribution in [0.25, 0.3) is 0 Å². The van der Waals surface area contributed by atoms with Crippen molar-refractivity contribution < 1.29 is 5.21 Å². The summed E-state index contributed by atoms with van der Waals surface area (Å²) in [7, 11) is 2.08. The van der Waals surface area contributed by atoms with Gasteiger partial charge in [0.1, 0.15) is 5.84 Å². The smallest absolute Gasteiger partial charge is 0.147 e. The maximum absolute atomic E-state index is 8.97. The predicted molar refractivity (Wildman–Crippen MR) is 79.6 cm³/mol. The zero-order chi connectivity index (χ0) is 14.3. The van der Waals surface area contributed by atoms with Gasteiger partial charge in [0, 0.05) is 12.6 Å². The molecule has 2 atom stereocenters. The quantitative estimate of drug-likeness (QED) is 0.344. The standard InChI is InChI=1S/C15H25N3O/c1-4-8-12(2)18(3)11-14(15(16)17-19)13-9-6-5-7-10-13/h5-7,9-10,12,14,19H,4,8,11H2,1-3H3,(H2,16,17). The minimum Gasteiger partial charge on any atom is -0.409 e. The number of oxime groups is 1. The Morgan fingerprint density at radius 3 is 2.53 bits per heavy atom. The molecule has 106 valence electrons. The number of nitrogens with two attached hydrogens (primary N) is 1. The van der Waals surface area contributed by atoms with Crippen LogP contribution >= 0.6 is 0 Å². The highest BCUT2D eigenvalue weighted by Gasteiger charge is 2.20. The summed E-state index contributed by atoms with van der Waals surface area (Å²) in [6, 6.07) is 10.4. The molecule has 0 aliphatic heterocycles. The van der Waals surface area contributed by atoms with Gasteiger partial charge in [0.25, 0.3) is 0 Å². The molecule has 0 saturated heterocycles. The molecule has 1 rings (SSSR count). The Labute approximate surface area is 115 Å². The van der Waals surface area contributed by atoms with Crippen LogP contribution < -0.4 is 5.73 Å². The van der Waals surface area contributed by atoms with E-state index in [0.29, 0.717) is 6.04 Å². The van der Waals surface area contributed by atoms with Gasteiger partial charge in [-0.1, -0.05) is 48.8 Å². The van der Waals surface area contributed by atoms with Crippen molar-refractivity contribution in [1.82, 2.24) is 4.90 Å². The molecular weight excluding hydrogens is 238 g/mol. The first-order valence-electron chi connectivity index (χ1n) is 6.82. The van der Waals surface area contributed by atoms with Crippen molar-refractivity contribution >= 4 is 5.84 Å². The highest BCUT2D eigenvalue weighted by atomic mass is 16.4. The lowest BCUT2D eigenvalue weighted by Gasteiger charge is -2.28. The maximum Gasteiger partial charge on any atom is 0.147 e. The van der Waals surface area contributed by atoms with E-state index in [2.05, 4.69) is 31.0 Å². The molecule has 0 aromatic heterocycles. The molecule has 3 N–H and O–H groups in total. The lowest BCUT2D eigenvalue weighted by Crippen LogP contribution is -2.37. The highest BCUT2D eigenvalue weighted by Crippen LogP contribution is 2.18. The summed E-state index contributed by atoms with van der Waals surface area (Å²) >= 11 is 0. The molecule has 0 aliphatic carbocycles. The van der Waals surface area contributed by atoms with E-state index in [1.165, 1.54) is 0 Å². The van der Waals surface area contributed by atoms with E-state index >= 15 is 0 Å². The molecular formula is C15H25N3O. The molecule has 0 saturated carbocycles. The van der Waals surface area contributed by atoms with Crippen molar-refractivity contribution in [1.29, 1.82) is 0 Å². The molecule has 0 bridgehead atoms. The topological polar surface area (TPSA) is 61.8 Å². The number of hydrogen-bond acceptors (Lipinski definition) is 3. The van der Waals surface area contributed by atoms with Gasteiger partial charge < -0.3 is 15.8 Å². The van der Waals surface area contributed by atoms with Gasteiger partial charge in [0.05, 0.1) is 5.92 Å². The molecule has 2 unspecified atom stereocenters. The monoisotopic (exact) mass is 263 g/mol. The fourth-order valence-corrected chi connectivity index (χ4v) is 2.23. The maximum atomic E-state index is 8.97. The molecule has 0 radical (unpaired) electrons. The van der Waals surface area contributed by atoms with Crippen LogP contribution in [-0.2, 0) is 0 Å². The summed E-state index contributed by atoms with van der Waals surface area (Å²) in [5, 5.41) is 12.2. The summed E-state index contributed by atoms with van der Waals surface area (Å²) in [5.74, 6) is 0.192. The number of amidine groups is 1. The molecule has 0 heterocycles. The Bertz CT molecular complexity index is 392. The van der Waals surface area contributed by atoms with Crippen molar-refractivity contribution in [2.24, 2.45) is 10.9 Å². The largest absolute Gasteiger partial charge is 0.409 e. The number of likely N-dealkylation sites (N-methyl/N-ethyl adjacent to an activating group) is 1. The Kier molecular flexibility index (Phi) is 6.36. The van der Waals surface area contributed by atoms with Gasteiger partial charge in [-0.25, -0.2) is 0 Å². The minimum atomic E-state index is -0.0736. The molecule has 1 aromatic rings. The van der Waals surface area contributed by atoms with Crippen LogP contribution in [0, 0.1) is 0 Å². The summed E-state index contributed by atoms with van der Waals surface area (Å²) in [6.45, 7) is 5.14. The fourth-order valence-electron chi connectivity index (χ4n) is 2.23. The van der Waals surface area contributed by atoms with Gasteiger partial charge in [-0.3, -0.25) is 0 Å². The second kappa shape index (κ2) is 7.79. The first-order chi connectivity index (χ1) is 9.10. The van der Waals surface area contributed by atoms with Gasteiger partial charge in [-0.2, -0.15) is 0 Å². The van der Waals surface area contributed by atoms with Crippen LogP contribution in [0.3, 0.4) is 0 Å². The Balaban J connectivity index is 2.82. The van der Waals surface area contributed by atoms with Gasteiger partial charge in [0.2, 0.25) is 0 Å². The van der Waals surface area contributed by atoms with Crippen molar-refractivity contribution in [2.45, 2.75) is 38.6 Å². The Morgan fingerprint density at radius 2 is 2.00 bits per heavy atom. The molecule has 4 heteroatoms. The van der Waals surface area contributed by atoms with Gasteiger partial charge in [-0.15, -0.1) is 0 Å². The van der Waals surface area contributed by atoms with Crippen LogP contribution in [0.4, 0.5) is 0 Å². The van der Waals surface area contributed by atoms with Crippen LogP contribution in [0.15, 0.2) is 35.5 Å². The second-order valence-corrected chi connectivity index (χ2v) is 5.07. The van der Waals surface area contributed by atoms with Gasteiger partial charge >= 0.3 is 0 Å². The van der Waals surface area contributed by atoms with E-state index in [1.54, 1.807) is 0 Å². The molecule has 0 fully saturated rings. The molecule has 0 aliphatic rings.